The van der Waals surface area contributed by atoms with Crippen molar-refractivity contribution in [1.82, 2.24) is 14.8 Å². The number of pyridine rings is 1. The molecule has 1 N–H and O–H groups in total. The molecule has 0 aromatic carbocycles. The van der Waals surface area contributed by atoms with Crippen LogP contribution in [0.15, 0.2) is 18.3 Å². The lowest BCUT2D eigenvalue weighted by atomic mass is 10.2. The normalized spacial score (nSPS) is 16.4. The van der Waals surface area contributed by atoms with Crippen LogP contribution in [0.5, 0.6) is 5.88 Å². The SMILES string of the molecule is COc1ccc(C(=O)N2CCN(CCO)CC2)cn1. The average molecular weight is 265 g/mol. The second-order valence-electron chi connectivity index (χ2n) is 4.45. The van der Waals surface area contributed by atoms with Crippen LogP contribution in [-0.4, -0.2) is 72.2 Å². The average Bonchev–Trinajstić information content (AvgIpc) is 2.48. The van der Waals surface area contributed by atoms with E-state index in [9.17, 15) is 4.79 Å². The monoisotopic (exact) mass is 265 g/mol. The highest BCUT2D eigenvalue weighted by Gasteiger charge is 2.21. The van der Waals surface area contributed by atoms with Crippen molar-refractivity contribution >= 4 is 5.91 Å². The molecule has 6 heteroatoms. The number of aromatic nitrogens is 1. The number of β-amino-alcohol motifs (C(OH)–C–C–N with tert-alkyl or cyclic N) is 1. The Kier molecular flexibility index (Phi) is 4.70. The minimum absolute atomic E-state index is 0.00111. The van der Waals surface area contributed by atoms with Gasteiger partial charge in [-0.05, 0) is 6.07 Å². The lowest BCUT2D eigenvalue weighted by molar-refractivity contribution is 0.0614. The maximum absolute atomic E-state index is 12.2. The Morgan fingerprint density at radius 2 is 2.11 bits per heavy atom. The zero-order valence-corrected chi connectivity index (χ0v) is 11.1. The first-order chi connectivity index (χ1) is 9.24. The van der Waals surface area contributed by atoms with Crippen molar-refractivity contribution in [2.24, 2.45) is 0 Å². The summed E-state index contributed by atoms with van der Waals surface area (Å²) in [6.07, 6.45) is 1.54. The van der Waals surface area contributed by atoms with Crippen LogP contribution in [0.1, 0.15) is 10.4 Å². The standard InChI is InChI=1S/C13H19N3O3/c1-19-12-3-2-11(10-14-12)13(18)16-6-4-15(5-7-16)8-9-17/h2-3,10,17H,4-9H2,1H3. The number of methoxy groups -OCH3 is 1. The van der Waals surface area contributed by atoms with Gasteiger partial charge in [0.05, 0.1) is 19.3 Å². The van der Waals surface area contributed by atoms with Crippen molar-refractivity contribution < 1.29 is 14.6 Å². The van der Waals surface area contributed by atoms with Gasteiger partial charge in [-0.1, -0.05) is 0 Å². The molecule has 1 fully saturated rings. The third-order valence-electron chi connectivity index (χ3n) is 3.27. The number of aliphatic hydroxyl groups is 1. The highest BCUT2D eigenvalue weighted by Crippen LogP contribution is 2.11. The largest absolute Gasteiger partial charge is 0.481 e. The Bertz CT molecular complexity index is 414. The predicted molar refractivity (Wildman–Crippen MR) is 70.2 cm³/mol. The summed E-state index contributed by atoms with van der Waals surface area (Å²) in [5, 5.41) is 8.88. The summed E-state index contributed by atoms with van der Waals surface area (Å²) >= 11 is 0. The van der Waals surface area contributed by atoms with Gasteiger partial charge >= 0.3 is 0 Å². The van der Waals surface area contributed by atoms with Crippen molar-refractivity contribution in [2.45, 2.75) is 0 Å². The minimum atomic E-state index is -0.00111. The highest BCUT2D eigenvalue weighted by molar-refractivity contribution is 5.94. The molecule has 0 aliphatic carbocycles. The van der Waals surface area contributed by atoms with E-state index in [1.54, 1.807) is 25.4 Å². The molecule has 0 bridgehead atoms. The third-order valence-corrected chi connectivity index (χ3v) is 3.27. The van der Waals surface area contributed by atoms with E-state index in [1.807, 2.05) is 4.90 Å². The highest BCUT2D eigenvalue weighted by atomic mass is 16.5. The van der Waals surface area contributed by atoms with Crippen LogP contribution in [0.4, 0.5) is 0 Å². The minimum Gasteiger partial charge on any atom is -0.481 e. The number of carbonyl (C=O) groups excluding carboxylic acids is 1. The molecule has 1 aliphatic rings. The van der Waals surface area contributed by atoms with Gasteiger partial charge in [0, 0.05) is 45.0 Å². The van der Waals surface area contributed by atoms with Crippen molar-refractivity contribution in [3.8, 4) is 5.88 Å². The Balaban J connectivity index is 1.93. The van der Waals surface area contributed by atoms with Crippen molar-refractivity contribution in [2.75, 3.05) is 46.4 Å². The zero-order valence-electron chi connectivity index (χ0n) is 11.1. The van der Waals surface area contributed by atoms with Crippen LogP contribution in [0.25, 0.3) is 0 Å². The van der Waals surface area contributed by atoms with Gasteiger partial charge in [-0.2, -0.15) is 0 Å². The molecule has 19 heavy (non-hydrogen) atoms. The molecule has 1 aliphatic heterocycles. The lowest BCUT2D eigenvalue weighted by Gasteiger charge is -2.34. The molecule has 0 atom stereocenters. The molecule has 0 unspecified atom stereocenters. The lowest BCUT2D eigenvalue weighted by Crippen LogP contribution is -2.49. The number of aliphatic hydroxyl groups excluding tert-OH is 1. The van der Waals surface area contributed by atoms with E-state index in [-0.39, 0.29) is 12.5 Å². The van der Waals surface area contributed by atoms with E-state index >= 15 is 0 Å². The van der Waals surface area contributed by atoms with Gasteiger partial charge in [0.25, 0.3) is 5.91 Å². The predicted octanol–water partition coefficient (Wildman–Crippen LogP) is -0.160. The number of carbonyl (C=O) groups is 1. The summed E-state index contributed by atoms with van der Waals surface area (Å²) in [6, 6.07) is 3.42. The van der Waals surface area contributed by atoms with Crippen LogP contribution in [0.2, 0.25) is 0 Å². The molecular formula is C13H19N3O3. The first-order valence-electron chi connectivity index (χ1n) is 6.37. The topological polar surface area (TPSA) is 65.9 Å². The summed E-state index contributed by atoms with van der Waals surface area (Å²) in [6.45, 7) is 3.81. The van der Waals surface area contributed by atoms with Crippen molar-refractivity contribution in [1.29, 1.82) is 0 Å². The smallest absolute Gasteiger partial charge is 0.255 e. The Morgan fingerprint density at radius 1 is 1.37 bits per heavy atom. The number of hydrogen-bond donors (Lipinski definition) is 1. The number of nitrogens with zero attached hydrogens (tertiary/aromatic N) is 3. The van der Waals surface area contributed by atoms with Gasteiger partial charge in [0.15, 0.2) is 0 Å². The fraction of sp³-hybridized carbons (Fsp3) is 0.538. The van der Waals surface area contributed by atoms with Crippen LogP contribution in [0.3, 0.4) is 0 Å². The maximum Gasteiger partial charge on any atom is 0.255 e. The Morgan fingerprint density at radius 3 is 2.63 bits per heavy atom. The van der Waals surface area contributed by atoms with Crippen molar-refractivity contribution in [3.63, 3.8) is 0 Å². The molecule has 1 amide bonds. The molecular weight excluding hydrogens is 246 g/mol. The summed E-state index contributed by atoms with van der Waals surface area (Å²) < 4.78 is 4.97. The van der Waals surface area contributed by atoms with Crippen LogP contribution in [0, 0.1) is 0 Å². The molecule has 1 saturated heterocycles. The molecule has 104 valence electrons. The van der Waals surface area contributed by atoms with Gasteiger partial charge in [0.1, 0.15) is 0 Å². The van der Waals surface area contributed by atoms with Gasteiger partial charge in [-0.15, -0.1) is 0 Å². The summed E-state index contributed by atoms with van der Waals surface area (Å²) in [4.78, 5) is 20.3. The molecule has 2 heterocycles. The number of ether oxygens (including phenoxy) is 1. The molecule has 6 nitrogen and oxygen atoms in total. The third kappa shape index (κ3) is 3.42. The van der Waals surface area contributed by atoms with E-state index in [0.29, 0.717) is 31.1 Å². The van der Waals surface area contributed by atoms with E-state index in [2.05, 4.69) is 9.88 Å². The number of piperazine rings is 1. The first-order valence-corrected chi connectivity index (χ1v) is 6.37. The van der Waals surface area contributed by atoms with E-state index < -0.39 is 0 Å². The Labute approximate surface area is 112 Å². The van der Waals surface area contributed by atoms with Gasteiger partial charge in [-0.3, -0.25) is 9.69 Å². The summed E-state index contributed by atoms with van der Waals surface area (Å²) in [7, 11) is 1.55. The molecule has 0 radical (unpaired) electrons. The summed E-state index contributed by atoms with van der Waals surface area (Å²) in [5.41, 5.74) is 0.580. The second-order valence-corrected chi connectivity index (χ2v) is 4.45. The molecule has 0 spiro atoms. The number of hydrogen-bond acceptors (Lipinski definition) is 5. The fourth-order valence-electron chi connectivity index (χ4n) is 2.13. The quantitative estimate of drug-likeness (QED) is 0.819. The van der Waals surface area contributed by atoms with Crippen LogP contribution < -0.4 is 4.74 Å². The maximum atomic E-state index is 12.2. The molecule has 2 rings (SSSR count). The second kappa shape index (κ2) is 6.49. The first kappa shape index (κ1) is 13.8. The van der Waals surface area contributed by atoms with Crippen LogP contribution in [-0.2, 0) is 0 Å². The van der Waals surface area contributed by atoms with E-state index in [1.165, 1.54) is 0 Å². The number of rotatable bonds is 4. The van der Waals surface area contributed by atoms with Gasteiger partial charge in [-0.25, -0.2) is 4.98 Å². The van der Waals surface area contributed by atoms with Gasteiger partial charge < -0.3 is 14.7 Å². The molecule has 0 saturated carbocycles. The van der Waals surface area contributed by atoms with E-state index in [0.717, 1.165) is 13.1 Å². The van der Waals surface area contributed by atoms with Gasteiger partial charge in [0.2, 0.25) is 5.88 Å². The summed E-state index contributed by atoms with van der Waals surface area (Å²) in [5.74, 6) is 0.503. The number of amides is 1. The molecule has 1 aromatic heterocycles. The van der Waals surface area contributed by atoms with Crippen molar-refractivity contribution in [3.05, 3.63) is 23.9 Å². The van der Waals surface area contributed by atoms with Crippen LogP contribution >= 0.6 is 0 Å². The fourth-order valence-corrected chi connectivity index (χ4v) is 2.13. The Hall–Kier alpha value is -1.66. The van der Waals surface area contributed by atoms with E-state index in [4.69, 9.17) is 9.84 Å². The molecule has 1 aromatic rings. The zero-order chi connectivity index (χ0) is 13.7.